The summed E-state index contributed by atoms with van der Waals surface area (Å²) < 4.78 is 13.4. The quantitative estimate of drug-likeness (QED) is 0.636. The van der Waals surface area contributed by atoms with E-state index >= 15 is 0 Å². The summed E-state index contributed by atoms with van der Waals surface area (Å²) in [4.78, 5) is 7.61. The molecule has 1 aromatic carbocycles. The molecule has 0 aliphatic carbocycles. The first-order valence-corrected chi connectivity index (χ1v) is 9.58. The van der Waals surface area contributed by atoms with Gasteiger partial charge in [-0.3, -0.25) is 4.98 Å². The highest BCUT2D eigenvalue weighted by atomic mass is 19.1. The first kappa shape index (κ1) is 17.7. The number of aromatic nitrogens is 2. The monoisotopic (exact) mass is 361 g/mol. The Labute approximate surface area is 159 Å². The van der Waals surface area contributed by atoms with Crippen LogP contribution in [0.5, 0.6) is 0 Å². The van der Waals surface area contributed by atoms with Crippen LogP contribution < -0.4 is 5.32 Å². The van der Waals surface area contributed by atoms with Crippen molar-refractivity contribution in [3.8, 4) is 22.4 Å². The van der Waals surface area contributed by atoms with Crippen molar-refractivity contribution >= 4 is 5.57 Å². The Morgan fingerprint density at radius 1 is 1.07 bits per heavy atom. The molecule has 0 saturated carbocycles. The van der Waals surface area contributed by atoms with Gasteiger partial charge in [-0.05, 0) is 72.5 Å². The summed E-state index contributed by atoms with van der Waals surface area (Å²) in [7, 11) is 0. The standard InChI is InChI=1S/C23H24FN3/c1-2-3-20-14-18(10-13-26-20)21-15-27-23(17-4-6-19(24)7-5-17)22(21)16-8-11-25-12-9-16/h4-9,11-12,14-15,20,26-27H,2-3,10,13H2,1H3. The van der Waals surface area contributed by atoms with E-state index in [1.54, 1.807) is 0 Å². The zero-order valence-electron chi connectivity index (χ0n) is 15.5. The van der Waals surface area contributed by atoms with Gasteiger partial charge in [-0.2, -0.15) is 0 Å². The molecule has 1 atom stereocenters. The van der Waals surface area contributed by atoms with E-state index < -0.39 is 0 Å². The number of nitrogens with one attached hydrogen (secondary N) is 2. The highest BCUT2D eigenvalue weighted by molar-refractivity contribution is 5.91. The molecule has 0 bridgehead atoms. The molecule has 1 unspecified atom stereocenters. The largest absolute Gasteiger partial charge is 0.360 e. The summed E-state index contributed by atoms with van der Waals surface area (Å²) >= 11 is 0. The average molecular weight is 361 g/mol. The van der Waals surface area contributed by atoms with Gasteiger partial charge in [0.25, 0.3) is 0 Å². The topological polar surface area (TPSA) is 40.7 Å². The first-order chi connectivity index (χ1) is 13.3. The Morgan fingerprint density at radius 2 is 1.85 bits per heavy atom. The Balaban J connectivity index is 1.84. The van der Waals surface area contributed by atoms with Crippen LogP contribution in [0.1, 0.15) is 31.7 Å². The van der Waals surface area contributed by atoms with Crippen LogP contribution in [0.15, 0.2) is 61.1 Å². The van der Waals surface area contributed by atoms with Crippen LogP contribution in [0.3, 0.4) is 0 Å². The number of halogens is 1. The van der Waals surface area contributed by atoms with Gasteiger partial charge in [-0.1, -0.05) is 19.4 Å². The average Bonchev–Trinajstić information content (AvgIpc) is 3.15. The minimum atomic E-state index is -0.223. The van der Waals surface area contributed by atoms with Crippen molar-refractivity contribution in [1.82, 2.24) is 15.3 Å². The Bertz CT molecular complexity index is 926. The van der Waals surface area contributed by atoms with Crippen molar-refractivity contribution in [3.63, 3.8) is 0 Å². The predicted octanol–water partition coefficient (Wildman–Crippen LogP) is 5.43. The van der Waals surface area contributed by atoms with Crippen molar-refractivity contribution in [2.24, 2.45) is 0 Å². The molecule has 0 fully saturated rings. The van der Waals surface area contributed by atoms with E-state index in [2.05, 4.69) is 34.5 Å². The van der Waals surface area contributed by atoms with Crippen LogP contribution in [0, 0.1) is 5.82 Å². The van der Waals surface area contributed by atoms with Gasteiger partial charge in [0.15, 0.2) is 0 Å². The fraction of sp³-hybridized carbons (Fsp3) is 0.261. The highest BCUT2D eigenvalue weighted by Gasteiger charge is 2.20. The van der Waals surface area contributed by atoms with Crippen molar-refractivity contribution < 1.29 is 4.39 Å². The molecule has 4 rings (SSSR count). The number of H-pyrrole nitrogens is 1. The van der Waals surface area contributed by atoms with Crippen LogP contribution in [0.4, 0.5) is 4.39 Å². The third-order valence-electron chi connectivity index (χ3n) is 5.13. The van der Waals surface area contributed by atoms with Crippen LogP contribution in [-0.2, 0) is 0 Å². The van der Waals surface area contributed by atoms with Gasteiger partial charge >= 0.3 is 0 Å². The van der Waals surface area contributed by atoms with E-state index in [4.69, 9.17) is 0 Å². The molecule has 2 aromatic heterocycles. The summed E-state index contributed by atoms with van der Waals surface area (Å²) in [6.45, 7) is 3.21. The zero-order chi connectivity index (χ0) is 18.6. The predicted molar refractivity (Wildman–Crippen MR) is 109 cm³/mol. The van der Waals surface area contributed by atoms with E-state index in [1.807, 2.05) is 36.7 Å². The first-order valence-electron chi connectivity index (χ1n) is 9.58. The molecule has 1 aliphatic rings. The number of rotatable bonds is 5. The van der Waals surface area contributed by atoms with Crippen molar-refractivity contribution in [2.75, 3.05) is 6.54 Å². The summed E-state index contributed by atoms with van der Waals surface area (Å²) in [5, 5.41) is 3.59. The van der Waals surface area contributed by atoms with Crippen LogP contribution in [0.25, 0.3) is 28.0 Å². The molecule has 4 heteroatoms. The zero-order valence-corrected chi connectivity index (χ0v) is 15.5. The lowest BCUT2D eigenvalue weighted by atomic mass is 9.90. The second kappa shape index (κ2) is 7.89. The minimum Gasteiger partial charge on any atom is -0.360 e. The van der Waals surface area contributed by atoms with Gasteiger partial charge in [-0.25, -0.2) is 4.39 Å². The molecule has 0 amide bonds. The number of hydrogen-bond acceptors (Lipinski definition) is 2. The molecule has 3 heterocycles. The van der Waals surface area contributed by atoms with Gasteiger partial charge in [0, 0.05) is 35.8 Å². The molecule has 2 N–H and O–H groups in total. The second-order valence-corrected chi connectivity index (χ2v) is 6.99. The third-order valence-corrected chi connectivity index (χ3v) is 5.13. The maximum absolute atomic E-state index is 13.4. The molecular weight excluding hydrogens is 337 g/mol. The maximum Gasteiger partial charge on any atom is 0.123 e. The molecular formula is C23H24FN3. The Hall–Kier alpha value is -2.72. The van der Waals surface area contributed by atoms with Crippen LogP contribution in [0.2, 0.25) is 0 Å². The van der Waals surface area contributed by atoms with E-state index in [9.17, 15) is 4.39 Å². The van der Waals surface area contributed by atoms with Gasteiger partial charge in [0.2, 0.25) is 0 Å². The van der Waals surface area contributed by atoms with Gasteiger partial charge in [-0.15, -0.1) is 0 Å². The second-order valence-electron chi connectivity index (χ2n) is 6.99. The van der Waals surface area contributed by atoms with Crippen LogP contribution >= 0.6 is 0 Å². The summed E-state index contributed by atoms with van der Waals surface area (Å²) in [5.41, 5.74) is 6.86. The lowest BCUT2D eigenvalue weighted by Gasteiger charge is -2.23. The number of hydrogen-bond donors (Lipinski definition) is 2. The van der Waals surface area contributed by atoms with Gasteiger partial charge in [0.05, 0.1) is 5.69 Å². The van der Waals surface area contributed by atoms with Crippen molar-refractivity contribution in [1.29, 1.82) is 0 Å². The lowest BCUT2D eigenvalue weighted by molar-refractivity contribution is 0.542. The van der Waals surface area contributed by atoms with Crippen LogP contribution in [-0.4, -0.2) is 22.6 Å². The van der Waals surface area contributed by atoms with Gasteiger partial charge in [0.1, 0.15) is 5.82 Å². The van der Waals surface area contributed by atoms with Gasteiger partial charge < -0.3 is 10.3 Å². The SMILES string of the molecule is CCCC1C=C(c2c[nH]c(-c3ccc(F)cc3)c2-c2ccncc2)CCN1. The van der Waals surface area contributed by atoms with Crippen molar-refractivity contribution in [2.45, 2.75) is 32.2 Å². The molecule has 27 heavy (non-hydrogen) atoms. The smallest absolute Gasteiger partial charge is 0.123 e. The number of benzene rings is 1. The molecule has 0 saturated heterocycles. The fourth-order valence-corrected chi connectivity index (χ4v) is 3.84. The summed E-state index contributed by atoms with van der Waals surface area (Å²) in [6.07, 6.45) is 11.4. The minimum absolute atomic E-state index is 0.223. The number of pyridine rings is 1. The number of aromatic amines is 1. The fourth-order valence-electron chi connectivity index (χ4n) is 3.84. The molecule has 1 aliphatic heterocycles. The highest BCUT2D eigenvalue weighted by Crippen LogP contribution is 2.39. The maximum atomic E-state index is 13.4. The molecule has 0 spiro atoms. The van der Waals surface area contributed by atoms with E-state index in [0.29, 0.717) is 6.04 Å². The molecule has 3 nitrogen and oxygen atoms in total. The molecule has 0 radical (unpaired) electrons. The third kappa shape index (κ3) is 3.71. The molecule has 138 valence electrons. The Kier molecular flexibility index (Phi) is 5.16. The van der Waals surface area contributed by atoms with E-state index in [1.165, 1.54) is 23.3 Å². The summed E-state index contributed by atoms with van der Waals surface area (Å²) in [5.74, 6) is -0.223. The van der Waals surface area contributed by atoms with E-state index in [-0.39, 0.29) is 5.82 Å². The lowest BCUT2D eigenvalue weighted by Crippen LogP contribution is -2.31. The molecule has 3 aromatic rings. The van der Waals surface area contributed by atoms with Crippen molar-refractivity contribution in [3.05, 3.63) is 72.4 Å². The normalized spacial score (nSPS) is 17.0. The Morgan fingerprint density at radius 3 is 2.59 bits per heavy atom. The number of nitrogens with zero attached hydrogens (tertiary/aromatic N) is 1. The summed E-state index contributed by atoms with van der Waals surface area (Å²) in [6, 6.07) is 11.2. The van der Waals surface area contributed by atoms with E-state index in [0.717, 1.165) is 48.2 Å².